The Kier molecular flexibility index (Phi) is 5.08. The first-order valence-electron chi connectivity index (χ1n) is 7.04. The van der Waals surface area contributed by atoms with Crippen molar-refractivity contribution in [1.82, 2.24) is 10.2 Å². The van der Waals surface area contributed by atoms with Gasteiger partial charge in [0.25, 0.3) is 5.91 Å². The highest BCUT2D eigenvalue weighted by atomic mass is 19.1. The molecule has 118 valence electrons. The Morgan fingerprint density at radius 2 is 1.68 bits per heavy atom. The number of ketones is 1. The van der Waals surface area contributed by atoms with Gasteiger partial charge in [0.05, 0.1) is 6.54 Å². The lowest BCUT2D eigenvalue weighted by molar-refractivity contribution is -0.138. The van der Waals surface area contributed by atoms with Crippen LogP contribution in [0.25, 0.3) is 0 Å². The second-order valence-corrected chi connectivity index (χ2v) is 5.08. The molecular formula is C15H18FN3O3. The molecule has 2 amide bonds. The maximum atomic E-state index is 12.9. The van der Waals surface area contributed by atoms with Crippen LogP contribution in [0.3, 0.4) is 0 Å². The molecular weight excluding hydrogens is 289 g/mol. The highest BCUT2D eigenvalue weighted by Gasteiger charge is 2.21. The average molecular weight is 307 g/mol. The summed E-state index contributed by atoms with van der Waals surface area (Å²) in [4.78, 5) is 37.6. The van der Waals surface area contributed by atoms with Gasteiger partial charge in [-0.1, -0.05) is 0 Å². The van der Waals surface area contributed by atoms with E-state index in [0.29, 0.717) is 26.2 Å². The van der Waals surface area contributed by atoms with Crippen molar-refractivity contribution < 1.29 is 18.8 Å². The molecule has 1 N–H and O–H groups in total. The molecule has 1 aromatic carbocycles. The van der Waals surface area contributed by atoms with E-state index in [1.807, 2.05) is 0 Å². The Balaban J connectivity index is 1.81. The summed E-state index contributed by atoms with van der Waals surface area (Å²) in [6.07, 6.45) is 0. The summed E-state index contributed by atoms with van der Waals surface area (Å²) in [6, 6.07) is 6.23. The zero-order chi connectivity index (χ0) is 16.1. The van der Waals surface area contributed by atoms with Crippen LogP contribution in [-0.4, -0.2) is 55.2 Å². The number of nitrogens with one attached hydrogen (secondary N) is 1. The molecule has 6 nitrogen and oxygen atoms in total. The molecule has 0 unspecified atom stereocenters. The molecule has 1 saturated heterocycles. The number of anilines is 1. The van der Waals surface area contributed by atoms with E-state index >= 15 is 0 Å². The minimum absolute atomic E-state index is 0.172. The van der Waals surface area contributed by atoms with Crippen LogP contribution in [0.5, 0.6) is 0 Å². The molecule has 0 bridgehead atoms. The molecule has 22 heavy (non-hydrogen) atoms. The van der Waals surface area contributed by atoms with E-state index in [9.17, 15) is 18.8 Å². The lowest BCUT2D eigenvalue weighted by Gasteiger charge is -2.36. The summed E-state index contributed by atoms with van der Waals surface area (Å²) in [5, 5.41) is 2.29. The van der Waals surface area contributed by atoms with E-state index in [2.05, 4.69) is 10.2 Å². The van der Waals surface area contributed by atoms with E-state index in [0.717, 1.165) is 12.6 Å². The first kappa shape index (κ1) is 15.9. The van der Waals surface area contributed by atoms with Crippen molar-refractivity contribution in [3.63, 3.8) is 0 Å². The van der Waals surface area contributed by atoms with E-state index < -0.39 is 11.7 Å². The summed E-state index contributed by atoms with van der Waals surface area (Å²) in [6.45, 7) is 3.30. The van der Waals surface area contributed by atoms with Crippen LogP contribution in [0.1, 0.15) is 6.92 Å². The summed E-state index contributed by atoms with van der Waals surface area (Å²) < 4.78 is 12.9. The second-order valence-electron chi connectivity index (χ2n) is 5.08. The molecule has 7 heteroatoms. The van der Waals surface area contributed by atoms with Crippen LogP contribution in [0, 0.1) is 5.82 Å². The molecule has 0 aliphatic carbocycles. The number of Topliss-reactive ketones (excluding diaryl/α,β-unsaturated/α-hetero) is 1. The van der Waals surface area contributed by atoms with Crippen molar-refractivity contribution in [2.24, 2.45) is 0 Å². The molecule has 0 saturated carbocycles. The van der Waals surface area contributed by atoms with Gasteiger partial charge in [-0.2, -0.15) is 0 Å². The summed E-state index contributed by atoms with van der Waals surface area (Å²) in [5.41, 5.74) is 0.915. The predicted molar refractivity (Wildman–Crippen MR) is 78.9 cm³/mol. The zero-order valence-corrected chi connectivity index (χ0v) is 12.3. The van der Waals surface area contributed by atoms with Crippen molar-refractivity contribution in [3.05, 3.63) is 30.1 Å². The van der Waals surface area contributed by atoms with Crippen LogP contribution in [0.4, 0.5) is 10.1 Å². The third-order valence-corrected chi connectivity index (χ3v) is 3.54. The minimum atomic E-state index is -0.752. The van der Waals surface area contributed by atoms with Gasteiger partial charge in [0, 0.05) is 38.8 Å². The highest BCUT2D eigenvalue weighted by molar-refractivity contribution is 6.35. The quantitative estimate of drug-likeness (QED) is 0.806. The van der Waals surface area contributed by atoms with Crippen molar-refractivity contribution in [3.8, 4) is 0 Å². The fraction of sp³-hybridized carbons (Fsp3) is 0.400. The number of hydrogen-bond donors (Lipinski definition) is 1. The van der Waals surface area contributed by atoms with E-state index in [1.54, 1.807) is 17.0 Å². The third kappa shape index (κ3) is 4.03. The maximum absolute atomic E-state index is 12.9. The Morgan fingerprint density at radius 1 is 1.09 bits per heavy atom. The van der Waals surface area contributed by atoms with Crippen LogP contribution in [0.15, 0.2) is 24.3 Å². The monoisotopic (exact) mass is 307 g/mol. The van der Waals surface area contributed by atoms with Crippen LogP contribution < -0.4 is 10.2 Å². The minimum Gasteiger partial charge on any atom is -0.368 e. The number of halogens is 1. The Hall–Kier alpha value is -2.44. The summed E-state index contributed by atoms with van der Waals surface area (Å²) in [7, 11) is 0. The summed E-state index contributed by atoms with van der Waals surface area (Å²) in [5.74, 6) is -1.86. The number of nitrogens with zero attached hydrogens (tertiary/aromatic N) is 2. The smallest absolute Gasteiger partial charge is 0.287 e. The molecule has 1 heterocycles. The second kappa shape index (κ2) is 7.02. The largest absolute Gasteiger partial charge is 0.368 e. The lowest BCUT2D eigenvalue weighted by Crippen LogP contribution is -2.51. The highest BCUT2D eigenvalue weighted by Crippen LogP contribution is 2.16. The van der Waals surface area contributed by atoms with E-state index in [1.165, 1.54) is 12.1 Å². The van der Waals surface area contributed by atoms with E-state index in [-0.39, 0.29) is 18.3 Å². The van der Waals surface area contributed by atoms with Crippen LogP contribution >= 0.6 is 0 Å². The fourth-order valence-corrected chi connectivity index (χ4v) is 2.26. The van der Waals surface area contributed by atoms with Gasteiger partial charge in [0.15, 0.2) is 0 Å². The molecule has 0 radical (unpaired) electrons. The number of hydrogen-bond acceptors (Lipinski definition) is 4. The molecule has 2 rings (SSSR count). The summed E-state index contributed by atoms with van der Waals surface area (Å²) >= 11 is 0. The molecule has 0 aromatic heterocycles. The normalized spacial score (nSPS) is 14.6. The Morgan fingerprint density at radius 3 is 2.23 bits per heavy atom. The topological polar surface area (TPSA) is 69.7 Å². The van der Waals surface area contributed by atoms with Crippen LogP contribution in [0.2, 0.25) is 0 Å². The van der Waals surface area contributed by atoms with Gasteiger partial charge in [-0.3, -0.25) is 14.4 Å². The maximum Gasteiger partial charge on any atom is 0.287 e. The van der Waals surface area contributed by atoms with Gasteiger partial charge in [-0.25, -0.2) is 4.39 Å². The van der Waals surface area contributed by atoms with Gasteiger partial charge >= 0.3 is 0 Å². The average Bonchev–Trinajstić information content (AvgIpc) is 2.53. The van der Waals surface area contributed by atoms with Gasteiger partial charge < -0.3 is 15.1 Å². The molecule has 1 aliphatic heterocycles. The van der Waals surface area contributed by atoms with Crippen molar-refractivity contribution in [1.29, 1.82) is 0 Å². The van der Waals surface area contributed by atoms with E-state index in [4.69, 9.17) is 0 Å². The number of rotatable bonds is 4. The predicted octanol–water partition coefficient (Wildman–Crippen LogP) is 0.179. The SMILES string of the molecule is CC(=O)C(=O)NCC(=O)N1CCN(c2ccc(F)cc2)CC1. The Labute approximate surface area is 127 Å². The van der Waals surface area contributed by atoms with Gasteiger partial charge in [-0.05, 0) is 24.3 Å². The Bertz CT molecular complexity index is 566. The number of benzene rings is 1. The molecule has 0 spiro atoms. The first-order valence-corrected chi connectivity index (χ1v) is 7.04. The van der Waals surface area contributed by atoms with Crippen molar-refractivity contribution >= 4 is 23.3 Å². The number of carbonyl (C=O) groups excluding carboxylic acids is 3. The van der Waals surface area contributed by atoms with Crippen molar-refractivity contribution in [2.75, 3.05) is 37.6 Å². The third-order valence-electron chi connectivity index (χ3n) is 3.54. The first-order chi connectivity index (χ1) is 10.5. The molecule has 1 aliphatic rings. The molecule has 1 aromatic rings. The number of amides is 2. The molecule has 0 atom stereocenters. The number of piperazine rings is 1. The van der Waals surface area contributed by atoms with Crippen LogP contribution in [-0.2, 0) is 14.4 Å². The van der Waals surface area contributed by atoms with Gasteiger partial charge in [-0.15, -0.1) is 0 Å². The molecule has 1 fully saturated rings. The van der Waals surface area contributed by atoms with Gasteiger partial charge in [0.2, 0.25) is 11.7 Å². The number of carbonyl (C=O) groups is 3. The van der Waals surface area contributed by atoms with Crippen molar-refractivity contribution in [2.45, 2.75) is 6.92 Å². The lowest BCUT2D eigenvalue weighted by atomic mass is 10.2. The zero-order valence-electron chi connectivity index (χ0n) is 12.3. The fourth-order valence-electron chi connectivity index (χ4n) is 2.26. The standard InChI is InChI=1S/C15H18FN3O3/c1-11(20)15(22)17-10-14(21)19-8-6-18(7-9-19)13-4-2-12(16)3-5-13/h2-5H,6-10H2,1H3,(H,17,22). The van der Waals surface area contributed by atoms with Gasteiger partial charge in [0.1, 0.15) is 5.82 Å².